The molecule has 12 heteroatoms. The standard InChI is InChI=1S/C25H31N5O7/c1-2-11-36-12-13-37-19(31)10-9-18(24(34)35)28-22(32)16-6-3-15(4-7-16)5-8-17-14-27-21-20(17)23(33)30-25(26)29-21/h3-4,6-7,14,18H,2,5,8-13H2,1H3,(H,28,32)(H,34,35)(H4,26,27,29,30,33)/t18-/m0/s1. The molecule has 2 aromatic heterocycles. The van der Waals surface area contributed by atoms with E-state index in [1.165, 1.54) is 0 Å². The minimum atomic E-state index is -1.24. The van der Waals surface area contributed by atoms with Crippen molar-refractivity contribution in [2.45, 2.75) is 45.1 Å². The second kappa shape index (κ2) is 13.2. The van der Waals surface area contributed by atoms with Crippen molar-refractivity contribution in [3.05, 3.63) is 57.5 Å². The van der Waals surface area contributed by atoms with Crippen LogP contribution < -0.4 is 16.6 Å². The van der Waals surface area contributed by atoms with Gasteiger partial charge in [-0.3, -0.25) is 19.4 Å². The molecule has 6 N–H and O–H groups in total. The largest absolute Gasteiger partial charge is 0.480 e. The summed E-state index contributed by atoms with van der Waals surface area (Å²) in [6.07, 6.45) is 3.49. The first-order chi connectivity index (χ1) is 17.8. The van der Waals surface area contributed by atoms with Crippen LogP contribution in [0.4, 0.5) is 5.95 Å². The molecule has 1 amide bonds. The summed E-state index contributed by atoms with van der Waals surface area (Å²) in [4.78, 5) is 57.7. The van der Waals surface area contributed by atoms with E-state index in [4.69, 9.17) is 15.2 Å². The molecule has 0 fully saturated rings. The number of nitrogens with one attached hydrogen (secondary N) is 3. The van der Waals surface area contributed by atoms with Crippen LogP contribution in [0.3, 0.4) is 0 Å². The van der Waals surface area contributed by atoms with Gasteiger partial charge in [-0.25, -0.2) is 4.79 Å². The molecular formula is C25H31N5O7. The maximum Gasteiger partial charge on any atom is 0.326 e. The number of carbonyl (C=O) groups excluding carboxylic acids is 2. The van der Waals surface area contributed by atoms with E-state index in [-0.39, 0.29) is 43.1 Å². The topological polar surface area (TPSA) is 189 Å². The number of anilines is 1. The highest BCUT2D eigenvalue weighted by Gasteiger charge is 2.22. The highest BCUT2D eigenvalue weighted by molar-refractivity contribution is 5.96. The van der Waals surface area contributed by atoms with E-state index in [0.717, 1.165) is 17.5 Å². The molecule has 0 saturated carbocycles. The zero-order valence-corrected chi connectivity index (χ0v) is 20.5. The summed E-state index contributed by atoms with van der Waals surface area (Å²) < 4.78 is 10.2. The molecule has 0 aliphatic rings. The number of benzene rings is 1. The van der Waals surface area contributed by atoms with E-state index in [1.54, 1.807) is 30.5 Å². The van der Waals surface area contributed by atoms with Crippen LogP contribution in [0.1, 0.15) is 47.7 Å². The van der Waals surface area contributed by atoms with Crippen molar-refractivity contribution in [2.24, 2.45) is 0 Å². The van der Waals surface area contributed by atoms with Gasteiger partial charge in [0, 0.05) is 24.8 Å². The number of aryl methyl sites for hydroxylation is 2. The van der Waals surface area contributed by atoms with Gasteiger partial charge in [-0.1, -0.05) is 19.1 Å². The van der Waals surface area contributed by atoms with Crippen LogP contribution in [0.2, 0.25) is 0 Å². The number of carboxylic acids is 1. The minimum Gasteiger partial charge on any atom is -0.480 e. The quantitative estimate of drug-likeness (QED) is 0.157. The van der Waals surface area contributed by atoms with Crippen molar-refractivity contribution in [3.8, 4) is 0 Å². The highest BCUT2D eigenvalue weighted by atomic mass is 16.6. The molecule has 0 radical (unpaired) electrons. The maximum atomic E-state index is 12.6. The number of nitrogens with zero attached hydrogens (tertiary/aromatic N) is 1. The van der Waals surface area contributed by atoms with Crippen LogP contribution in [0.25, 0.3) is 11.0 Å². The number of nitrogen functional groups attached to an aromatic ring is 1. The number of ether oxygens (including phenoxy) is 2. The van der Waals surface area contributed by atoms with Gasteiger partial charge in [0.1, 0.15) is 18.3 Å². The third kappa shape index (κ3) is 7.90. The number of hydrogen-bond acceptors (Lipinski definition) is 8. The molecule has 0 unspecified atom stereocenters. The number of rotatable bonds is 14. The normalized spacial score (nSPS) is 11.8. The van der Waals surface area contributed by atoms with Crippen molar-refractivity contribution < 1.29 is 29.0 Å². The Balaban J connectivity index is 1.50. The van der Waals surface area contributed by atoms with E-state index in [0.29, 0.717) is 30.5 Å². The number of fused-ring (bicyclic) bond motifs is 1. The van der Waals surface area contributed by atoms with E-state index in [2.05, 4.69) is 20.3 Å². The van der Waals surface area contributed by atoms with Gasteiger partial charge in [-0.05, 0) is 48.9 Å². The van der Waals surface area contributed by atoms with Gasteiger partial charge in [0.2, 0.25) is 5.95 Å². The van der Waals surface area contributed by atoms with Crippen LogP contribution >= 0.6 is 0 Å². The molecule has 12 nitrogen and oxygen atoms in total. The average molecular weight is 514 g/mol. The second-order valence-electron chi connectivity index (χ2n) is 8.42. The number of carboxylic acid groups (broad SMARTS) is 1. The van der Waals surface area contributed by atoms with Gasteiger partial charge in [0.05, 0.1) is 12.0 Å². The van der Waals surface area contributed by atoms with E-state index >= 15 is 0 Å². The van der Waals surface area contributed by atoms with Crippen molar-refractivity contribution in [1.29, 1.82) is 0 Å². The van der Waals surface area contributed by atoms with E-state index in [1.807, 2.05) is 6.92 Å². The lowest BCUT2D eigenvalue weighted by Gasteiger charge is -2.14. The zero-order chi connectivity index (χ0) is 26.8. The molecule has 0 saturated heterocycles. The number of aliphatic carboxylic acids is 1. The summed E-state index contributed by atoms with van der Waals surface area (Å²) in [5.74, 6) is -2.32. The molecule has 0 aliphatic heterocycles. The van der Waals surface area contributed by atoms with Crippen LogP contribution in [0.5, 0.6) is 0 Å². The Hall–Kier alpha value is -4.19. The summed E-state index contributed by atoms with van der Waals surface area (Å²) in [6, 6.07) is 5.48. The van der Waals surface area contributed by atoms with Crippen molar-refractivity contribution in [2.75, 3.05) is 25.6 Å². The first-order valence-corrected chi connectivity index (χ1v) is 12.0. The third-order valence-corrected chi connectivity index (χ3v) is 5.62. The van der Waals surface area contributed by atoms with E-state index < -0.39 is 23.9 Å². The summed E-state index contributed by atoms with van der Waals surface area (Å²) in [5, 5.41) is 12.3. The molecule has 1 atom stereocenters. The lowest BCUT2D eigenvalue weighted by Crippen LogP contribution is -2.41. The molecule has 0 bridgehead atoms. The summed E-state index contributed by atoms with van der Waals surface area (Å²) >= 11 is 0. The van der Waals surface area contributed by atoms with Crippen molar-refractivity contribution in [1.82, 2.24) is 20.3 Å². The summed E-state index contributed by atoms with van der Waals surface area (Å²) in [5.41, 5.74) is 7.68. The SMILES string of the molecule is CCCOCCOC(=O)CC[C@H](NC(=O)c1ccc(CCc2c[nH]c3nc(N)[nH]c(=O)c23)cc1)C(=O)O. The first kappa shape index (κ1) is 27.4. The van der Waals surface area contributed by atoms with E-state index in [9.17, 15) is 24.3 Å². The van der Waals surface area contributed by atoms with Gasteiger partial charge in [0.15, 0.2) is 0 Å². The smallest absolute Gasteiger partial charge is 0.326 e. The van der Waals surface area contributed by atoms with Crippen LogP contribution in [0, 0.1) is 0 Å². The summed E-state index contributed by atoms with van der Waals surface area (Å²) in [7, 11) is 0. The first-order valence-electron chi connectivity index (χ1n) is 12.0. The second-order valence-corrected chi connectivity index (χ2v) is 8.42. The lowest BCUT2D eigenvalue weighted by atomic mass is 10.0. The van der Waals surface area contributed by atoms with Crippen molar-refractivity contribution in [3.63, 3.8) is 0 Å². The molecule has 3 aromatic rings. The molecule has 2 heterocycles. The Morgan fingerprint density at radius 3 is 2.59 bits per heavy atom. The molecule has 0 aliphatic carbocycles. The van der Waals surface area contributed by atoms with Gasteiger partial charge < -0.3 is 30.6 Å². The summed E-state index contributed by atoms with van der Waals surface area (Å²) in [6.45, 7) is 2.91. The Labute approximate surface area is 212 Å². The number of amides is 1. The number of aromatic nitrogens is 3. The number of esters is 1. The Morgan fingerprint density at radius 2 is 1.89 bits per heavy atom. The Bertz CT molecular complexity index is 1280. The van der Waals surface area contributed by atoms with Gasteiger partial charge in [-0.2, -0.15) is 4.98 Å². The number of aromatic amines is 2. The third-order valence-electron chi connectivity index (χ3n) is 5.62. The number of carbonyl (C=O) groups is 3. The van der Waals surface area contributed by atoms with Crippen LogP contribution in [-0.4, -0.2) is 63.8 Å². The van der Waals surface area contributed by atoms with Crippen molar-refractivity contribution >= 4 is 34.8 Å². The fourth-order valence-corrected chi connectivity index (χ4v) is 3.71. The molecule has 0 spiro atoms. The molecule has 198 valence electrons. The Kier molecular flexibility index (Phi) is 9.78. The fourth-order valence-electron chi connectivity index (χ4n) is 3.71. The monoisotopic (exact) mass is 513 g/mol. The van der Waals surface area contributed by atoms with Gasteiger partial charge >= 0.3 is 11.9 Å². The predicted octanol–water partition coefficient (Wildman–Crippen LogP) is 1.55. The Morgan fingerprint density at radius 1 is 1.14 bits per heavy atom. The lowest BCUT2D eigenvalue weighted by molar-refractivity contribution is -0.146. The predicted molar refractivity (Wildman–Crippen MR) is 135 cm³/mol. The maximum absolute atomic E-state index is 12.6. The fraction of sp³-hybridized carbons (Fsp3) is 0.400. The molecule has 37 heavy (non-hydrogen) atoms. The van der Waals surface area contributed by atoms with Gasteiger partial charge in [0.25, 0.3) is 11.5 Å². The van der Waals surface area contributed by atoms with Crippen LogP contribution in [0.15, 0.2) is 35.3 Å². The molecular weight excluding hydrogens is 482 g/mol. The zero-order valence-electron chi connectivity index (χ0n) is 20.5. The average Bonchev–Trinajstić information content (AvgIpc) is 3.28. The number of nitrogens with two attached hydrogens (primary N) is 1. The number of hydrogen-bond donors (Lipinski definition) is 5. The van der Waals surface area contributed by atoms with Crippen LogP contribution in [-0.2, 0) is 31.9 Å². The minimum absolute atomic E-state index is 0.0396. The van der Waals surface area contributed by atoms with Gasteiger partial charge in [-0.15, -0.1) is 0 Å². The highest BCUT2D eigenvalue weighted by Crippen LogP contribution is 2.16. The molecule has 3 rings (SSSR count). The number of H-pyrrole nitrogens is 2. The molecule has 1 aromatic carbocycles.